The Hall–Kier alpha value is -0.940. The van der Waals surface area contributed by atoms with Gasteiger partial charge in [0.2, 0.25) is 0 Å². The minimum Gasteiger partial charge on any atom is -0.384 e. The molecule has 2 unspecified atom stereocenters. The summed E-state index contributed by atoms with van der Waals surface area (Å²) in [5.74, 6) is 0. The van der Waals surface area contributed by atoms with Crippen LogP contribution >= 0.6 is 15.9 Å². The number of ether oxygens (including phenoxy) is 2. The van der Waals surface area contributed by atoms with Crippen molar-refractivity contribution in [3.8, 4) is 0 Å². The monoisotopic (exact) mass is 408 g/mol. The van der Waals surface area contributed by atoms with Crippen LogP contribution in [0.1, 0.15) is 57.6 Å². The largest absolute Gasteiger partial charge is 0.384 e. The fourth-order valence-corrected chi connectivity index (χ4v) is 3.05. The van der Waals surface area contributed by atoms with Crippen molar-refractivity contribution in [2.75, 3.05) is 13.2 Å². The second kappa shape index (κ2) is 10.9. The molecule has 2 atom stereocenters. The summed E-state index contributed by atoms with van der Waals surface area (Å²) in [4.78, 5) is 0. The summed E-state index contributed by atoms with van der Waals surface area (Å²) in [6.07, 6.45) is 8.92. The standard InChI is InChI=1S/C21H29BrO3/c1-16(13-15-25-20-8-3-4-14-24-20)6-5-7-17(2)21(23)18-9-11-19(22)12-10-18/h7,9-13,20-21,23H,3-6,8,14-15H2,1-2H3. The Morgan fingerprint density at radius 3 is 2.72 bits per heavy atom. The number of aliphatic hydroxyl groups is 1. The molecule has 1 N–H and O–H groups in total. The maximum Gasteiger partial charge on any atom is 0.157 e. The van der Waals surface area contributed by atoms with Gasteiger partial charge in [0, 0.05) is 11.1 Å². The lowest BCUT2D eigenvalue weighted by molar-refractivity contribution is -0.155. The second-order valence-corrected chi connectivity index (χ2v) is 7.54. The van der Waals surface area contributed by atoms with Crippen molar-refractivity contribution in [2.45, 2.75) is 58.3 Å². The van der Waals surface area contributed by atoms with Crippen LogP contribution in [-0.4, -0.2) is 24.6 Å². The highest BCUT2D eigenvalue weighted by atomic mass is 79.9. The highest BCUT2D eigenvalue weighted by Crippen LogP contribution is 2.23. The molecule has 0 bridgehead atoms. The van der Waals surface area contributed by atoms with Crippen LogP contribution in [0, 0.1) is 0 Å². The van der Waals surface area contributed by atoms with E-state index < -0.39 is 6.10 Å². The van der Waals surface area contributed by atoms with E-state index in [1.165, 1.54) is 12.0 Å². The Kier molecular flexibility index (Phi) is 8.90. The van der Waals surface area contributed by atoms with E-state index >= 15 is 0 Å². The first-order valence-electron chi connectivity index (χ1n) is 9.05. The van der Waals surface area contributed by atoms with E-state index in [9.17, 15) is 5.11 Å². The molecule has 138 valence electrons. The molecule has 0 aromatic heterocycles. The average Bonchev–Trinajstić information content (AvgIpc) is 2.62. The summed E-state index contributed by atoms with van der Waals surface area (Å²) in [6, 6.07) is 7.80. The maximum absolute atomic E-state index is 10.4. The van der Waals surface area contributed by atoms with Gasteiger partial charge in [-0.3, -0.25) is 0 Å². The van der Waals surface area contributed by atoms with Crippen LogP contribution < -0.4 is 0 Å². The Labute approximate surface area is 159 Å². The molecule has 25 heavy (non-hydrogen) atoms. The lowest BCUT2D eigenvalue weighted by atomic mass is 10.0. The molecule has 1 saturated heterocycles. The highest BCUT2D eigenvalue weighted by Gasteiger charge is 2.13. The fraction of sp³-hybridized carbons (Fsp3) is 0.524. The molecule has 0 amide bonds. The molecule has 1 aliphatic rings. The molecule has 1 aromatic rings. The van der Waals surface area contributed by atoms with Gasteiger partial charge in [-0.1, -0.05) is 45.8 Å². The zero-order valence-electron chi connectivity index (χ0n) is 15.2. The summed E-state index contributed by atoms with van der Waals surface area (Å²) < 4.78 is 12.3. The van der Waals surface area contributed by atoms with Gasteiger partial charge in [0.15, 0.2) is 6.29 Å². The lowest BCUT2D eigenvalue weighted by Gasteiger charge is -2.22. The van der Waals surface area contributed by atoms with Gasteiger partial charge in [-0.15, -0.1) is 0 Å². The number of aliphatic hydroxyl groups excluding tert-OH is 1. The van der Waals surface area contributed by atoms with Gasteiger partial charge in [-0.25, -0.2) is 0 Å². The van der Waals surface area contributed by atoms with Crippen molar-refractivity contribution in [3.05, 3.63) is 57.6 Å². The molecule has 1 fully saturated rings. The third-order valence-corrected chi connectivity index (χ3v) is 5.00. The summed E-state index contributed by atoms with van der Waals surface area (Å²) in [5, 5.41) is 10.4. The predicted molar refractivity (Wildman–Crippen MR) is 105 cm³/mol. The normalized spacial score (nSPS) is 20.6. The number of hydrogen-bond acceptors (Lipinski definition) is 3. The second-order valence-electron chi connectivity index (χ2n) is 6.62. The SMILES string of the molecule is CC(=CCOC1CCCCO1)CCC=C(C)C(O)c1ccc(Br)cc1. The molecule has 4 heteroatoms. The van der Waals surface area contributed by atoms with Gasteiger partial charge in [0.25, 0.3) is 0 Å². The number of rotatable bonds is 8. The molecule has 0 saturated carbocycles. The summed E-state index contributed by atoms with van der Waals surface area (Å²) in [7, 11) is 0. The molecule has 0 radical (unpaired) electrons. The predicted octanol–water partition coefficient (Wildman–Crippen LogP) is 5.70. The number of allylic oxidation sites excluding steroid dienone is 2. The smallest absolute Gasteiger partial charge is 0.157 e. The molecule has 1 heterocycles. The van der Waals surface area contributed by atoms with E-state index in [-0.39, 0.29) is 6.29 Å². The van der Waals surface area contributed by atoms with Crippen LogP contribution in [0.5, 0.6) is 0 Å². The van der Waals surface area contributed by atoms with E-state index in [1.54, 1.807) is 0 Å². The Morgan fingerprint density at radius 1 is 1.28 bits per heavy atom. The first kappa shape index (κ1) is 20.4. The van der Waals surface area contributed by atoms with Crippen LogP contribution in [0.25, 0.3) is 0 Å². The topological polar surface area (TPSA) is 38.7 Å². The minimum absolute atomic E-state index is 0.0269. The van der Waals surface area contributed by atoms with Crippen LogP contribution in [0.3, 0.4) is 0 Å². The van der Waals surface area contributed by atoms with Gasteiger partial charge < -0.3 is 14.6 Å². The lowest BCUT2D eigenvalue weighted by Crippen LogP contribution is -2.22. The number of halogens is 1. The molecular weight excluding hydrogens is 380 g/mol. The molecule has 0 spiro atoms. The number of hydrogen-bond donors (Lipinski definition) is 1. The summed E-state index contributed by atoms with van der Waals surface area (Å²) in [6.45, 7) is 5.54. The molecular formula is C21H29BrO3. The molecule has 1 aromatic carbocycles. The first-order chi connectivity index (χ1) is 12.1. The van der Waals surface area contributed by atoms with Crippen molar-refractivity contribution in [1.82, 2.24) is 0 Å². The summed E-state index contributed by atoms with van der Waals surface area (Å²) >= 11 is 3.41. The highest BCUT2D eigenvalue weighted by molar-refractivity contribution is 9.10. The molecule has 0 aliphatic carbocycles. The Morgan fingerprint density at radius 2 is 2.04 bits per heavy atom. The summed E-state index contributed by atoms with van der Waals surface area (Å²) in [5.41, 5.74) is 3.21. The fourth-order valence-electron chi connectivity index (χ4n) is 2.79. The van der Waals surface area contributed by atoms with E-state index in [4.69, 9.17) is 9.47 Å². The van der Waals surface area contributed by atoms with Crippen molar-refractivity contribution < 1.29 is 14.6 Å². The van der Waals surface area contributed by atoms with E-state index in [0.29, 0.717) is 6.61 Å². The molecule has 3 nitrogen and oxygen atoms in total. The van der Waals surface area contributed by atoms with Gasteiger partial charge in [0.05, 0.1) is 12.7 Å². The van der Waals surface area contributed by atoms with E-state index in [2.05, 4.69) is 35.0 Å². The third-order valence-electron chi connectivity index (χ3n) is 4.47. The van der Waals surface area contributed by atoms with Crippen molar-refractivity contribution >= 4 is 15.9 Å². The van der Waals surface area contributed by atoms with Crippen LogP contribution in [0.4, 0.5) is 0 Å². The van der Waals surface area contributed by atoms with E-state index in [1.807, 2.05) is 31.2 Å². The van der Waals surface area contributed by atoms with E-state index in [0.717, 1.165) is 47.9 Å². The van der Waals surface area contributed by atoms with Crippen LogP contribution in [0.2, 0.25) is 0 Å². The van der Waals surface area contributed by atoms with Crippen LogP contribution in [-0.2, 0) is 9.47 Å². The third kappa shape index (κ3) is 7.45. The van der Waals surface area contributed by atoms with Gasteiger partial charge >= 0.3 is 0 Å². The average molecular weight is 409 g/mol. The van der Waals surface area contributed by atoms with Gasteiger partial charge in [-0.2, -0.15) is 0 Å². The first-order valence-corrected chi connectivity index (χ1v) is 9.84. The van der Waals surface area contributed by atoms with Crippen LogP contribution in [0.15, 0.2) is 52.0 Å². The Balaban J connectivity index is 1.72. The minimum atomic E-state index is -0.538. The molecule has 1 aliphatic heterocycles. The van der Waals surface area contributed by atoms with Gasteiger partial charge in [-0.05, 0) is 69.2 Å². The quantitative estimate of drug-likeness (QED) is 0.560. The maximum atomic E-state index is 10.4. The van der Waals surface area contributed by atoms with Gasteiger partial charge in [0.1, 0.15) is 0 Å². The molecule has 2 rings (SSSR count). The Bertz CT molecular complexity index is 571. The van der Waals surface area contributed by atoms with Crippen molar-refractivity contribution in [1.29, 1.82) is 0 Å². The zero-order valence-corrected chi connectivity index (χ0v) is 16.8. The van der Waals surface area contributed by atoms with Crippen molar-refractivity contribution in [3.63, 3.8) is 0 Å². The van der Waals surface area contributed by atoms with Crippen molar-refractivity contribution in [2.24, 2.45) is 0 Å². The number of benzene rings is 1. The zero-order chi connectivity index (χ0) is 18.1.